The summed E-state index contributed by atoms with van der Waals surface area (Å²) in [6.07, 6.45) is 3.63. The van der Waals surface area contributed by atoms with Crippen LogP contribution in [0, 0.1) is 0 Å². The van der Waals surface area contributed by atoms with Crippen LogP contribution in [-0.4, -0.2) is 43.0 Å². The van der Waals surface area contributed by atoms with E-state index in [4.69, 9.17) is 14.2 Å². The topological polar surface area (TPSA) is 77.0 Å². The van der Waals surface area contributed by atoms with Gasteiger partial charge in [-0.3, -0.25) is 4.79 Å². The van der Waals surface area contributed by atoms with Crippen LogP contribution in [0.1, 0.15) is 68.1 Å². The number of carbonyl (C=O) groups excluding carboxylic acids is 1. The van der Waals surface area contributed by atoms with E-state index < -0.39 is 12.2 Å². The van der Waals surface area contributed by atoms with Gasteiger partial charge in [0, 0.05) is 24.1 Å². The highest BCUT2D eigenvalue weighted by Gasteiger charge is 2.20. The summed E-state index contributed by atoms with van der Waals surface area (Å²) in [5, 5.41) is 13.2. The molecule has 2 aromatic carbocycles. The van der Waals surface area contributed by atoms with Gasteiger partial charge in [-0.25, -0.2) is 0 Å². The molecule has 2 N–H and O–H groups in total. The van der Waals surface area contributed by atoms with Gasteiger partial charge in [-0.15, -0.1) is 6.58 Å². The molecule has 0 aliphatic heterocycles. The van der Waals surface area contributed by atoms with Crippen molar-refractivity contribution in [2.45, 2.75) is 72.3 Å². The molecule has 0 aliphatic carbocycles. The summed E-state index contributed by atoms with van der Waals surface area (Å²) in [6, 6.07) is 11.0. The summed E-state index contributed by atoms with van der Waals surface area (Å²) < 4.78 is 16.9. The third-order valence-electron chi connectivity index (χ3n) is 5.09. The lowest BCUT2D eigenvalue weighted by molar-refractivity contribution is -0.0474. The molecule has 2 atom stereocenters. The summed E-state index contributed by atoms with van der Waals surface area (Å²) in [5.41, 5.74) is 3.00. The predicted octanol–water partition coefficient (Wildman–Crippen LogP) is 5.97. The van der Waals surface area contributed by atoms with Gasteiger partial charge in [0.1, 0.15) is 11.5 Å². The van der Waals surface area contributed by atoms with Crippen molar-refractivity contribution in [1.82, 2.24) is 5.32 Å². The first-order chi connectivity index (χ1) is 17.2. The van der Waals surface area contributed by atoms with Gasteiger partial charge < -0.3 is 24.6 Å². The van der Waals surface area contributed by atoms with E-state index in [0.29, 0.717) is 35.7 Å². The number of nitrogens with one attached hydrogen (secondary N) is 1. The van der Waals surface area contributed by atoms with Gasteiger partial charge in [-0.1, -0.05) is 51.1 Å². The minimum Gasteiger partial charge on any atom is -0.496 e. The van der Waals surface area contributed by atoms with E-state index in [1.165, 1.54) is 12.5 Å². The highest BCUT2D eigenvalue weighted by atomic mass is 16.5. The second-order valence-corrected chi connectivity index (χ2v) is 8.58. The van der Waals surface area contributed by atoms with Crippen molar-refractivity contribution >= 4 is 12.0 Å². The number of aliphatic hydroxyl groups excluding tert-OH is 1. The zero-order valence-corrected chi connectivity index (χ0v) is 22.7. The molecule has 0 saturated carbocycles. The SMILES string of the molecule is C=Cc1cc(OCC)ccc1C(=O)NCc1cc(CC(OC(C)C)C(O)C=C)ccc1OC.CCC. The van der Waals surface area contributed by atoms with Crippen molar-refractivity contribution in [1.29, 1.82) is 0 Å². The number of carbonyl (C=O) groups is 1. The Morgan fingerprint density at radius 3 is 2.36 bits per heavy atom. The Balaban J connectivity index is 0.00000205. The van der Waals surface area contributed by atoms with Crippen LogP contribution in [0.5, 0.6) is 11.5 Å². The van der Waals surface area contributed by atoms with E-state index in [-0.39, 0.29) is 18.6 Å². The molecule has 2 rings (SSSR count). The average molecular weight is 498 g/mol. The smallest absolute Gasteiger partial charge is 0.252 e. The van der Waals surface area contributed by atoms with Crippen molar-refractivity contribution in [2.75, 3.05) is 13.7 Å². The molecule has 0 heterocycles. The first-order valence-electron chi connectivity index (χ1n) is 12.5. The van der Waals surface area contributed by atoms with Gasteiger partial charge in [0.05, 0.1) is 32.0 Å². The van der Waals surface area contributed by atoms with Crippen molar-refractivity contribution in [3.63, 3.8) is 0 Å². The Morgan fingerprint density at radius 2 is 1.81 bits per heavy atom. The third-order valence-corrected chi connectivity index (χ3v) is 5.09. The van der Waals surface area contributed by atoms with Crippen molar-refractivity contribution < 1.29 is 24.1 Å². The minimum atomic E-state index is -0.783. The number of methoxy groups -OCH3 is 1. The molecule has 2 unspecified atom stereocenters. The largest absolute Gasteiger partial charge is 0.496 e. The molecular weight excluding hydrogens is 454 g/mol. The maximum absolute atomic E-state index is 12.9. The fraction of sp³-hybridized carbons (Fsp3) is 0.433. The highest BCUT2D eigenvalue weighted by molar-refractivity contribution is 5.97. The number of hydrogen-bond donors (Lipinski definition) is 2. The molecule has 0 saturated heterocycles. The van der Waals surface area contributed by atoms with Gasteiger partial charge in [0.2, 0.25) is 0 Å². The van der Waals surface area contributed by atoms with E-state index in [9.17, 15) is 9.90 Å². The quantitative estimate of drug-likeness (QED) is 0.334. The molecule has 0 aliphatic rings. The molecule has 1 amide bonds. The van der Waals surface area contributed by atoms with Crippen molar-refractivity contribution in [2.24, 2.45) is 0 Å². The molecule has 0 spiro atoms. The Bertz CT molecular complexity index is 970. The van der Waals surface area contributed by atoms with Gasteiger partial charge in [-0.2, -0.15) is 0 Å². The van der Waals surface area contributed by atoms with Crippen LogP contribution in [-0.2, 0) is 17.7 Å². The maximum Gasteiger partial charge on any atom is 0.252 e. The lowest BCUT2D eigenvalue weighted by atomic mass is 10.0. The minimum absolute atomic E-state index is 0.0326. The van der Waals surface area contributed by atoms with Gasteiger partial charge in [-0.05, 0) is 56.2 Å². The van der Waals surface area contributed by atoms with E-state index in [1.807, 2.05) is 39.0 Å². The molecule has 2 aromatic rings. The predicted molar refractivity (Wildman–Crippen MR) is 148 cm³/mol. The molecule has 6 heteroatoms. The average Bonchev–Trinajstić information content (AvgIpc) is 2.86. The van der Waals surface area contributed by atoms with E-state index in [2.05, 4.69) is 32.3 Å². The highest BCUT2D eigenvalue weighted by Crippen LogP contribution is 2.23. The van der Waals surface area contributed by atoms with Crippen molar-refractivity contribution in [3.8, 4) is 11.5 Å². The van der Waals surface area contributed by atoms with Crippen molar-refractivity contribution in [3.05, 3.63) is 77.9 Å². The Labute approximate surface area is 217 Å². The van der Waals surface area contributed by atoms with Crippen LogP contribution in [0.25, 0.3) is 6.08 Å². The summed E-state index contributed by atoms with van der Waals surface area (Å²) in [6.45, 7) is 18.3. The second kappa shape index (κ2) is 16.6. The number of amides is 1. The zero-order chi connectivity index (χ0) is 27.1. The fourth-order valence-electron chi connectivity index (χ4n) is 3.52. The second-order valence-electron chi connectivity index (χ2n) is 8.58. The molecular formula is C30H43NO5. The van der Waals surface area contributed by atoms with Gasteiger partial charge in [0.25, 0.3) is 5.91 Å². The van der Waals surface area contributed by atoms with Crippen LogP contribution >= 0.6 is 0 Å². The van der Waals surface area contributed by atoms with Crippen LogP contribution in [0.2, 0.25) is 0 Å². The monoisotopic (exact) mass is 497 g/mol. The zero-order valence-electron chi connectivity index (χ0n) is 22.7. The molecule has 6 nitrogen and oxygen atoms in total. The Morgan fingerprint density at radius 1 is 1.11 bits per heavy atom. The Kier molecular flexibility index (Phi) is 14.2. The van der Waals surface area contributed by atoms with Crippen LogP contribution in [0.3, 0.4) is 0 Å². The summed E-state index contributed by atoms with van der Waals surface area (Å²) in [7, 11) is 1.59. The molecule has 198 valence electrons. The maximum atomic E-state index is 12.9. The Hall–Kier alpha value is -3.09. The number of aliphatic hydroxyl groups is 1. The number of hydrogen-bond acceptors (Lipinski definition) is 5. The van der Waals surface area contributed by atoms with Crippen LogP contribution in [0.15, 0.2) is 55.6 Å². The third kappa shape index (κ3) is 9.88. The molecule has 0 radical (unpaired) electrons. The molecule has 0 aromatic heterocycles. The van der Waals surface area contributed by atoms with Gasteiger partial charge in [0.15, 0.2) is 0 Å². The van der Waals surface area contributed by atoms with Crippen LogP contribution in [0.4, 0.5) is 0 Å². The van der Waals surface area contributed by atoms with E-state index in [1.54, 1.807) is 31.4 Å². The summed E-state index contributed by atoms with van der Waals surface area (Å²) in [4.78, 5) is 12.9. The first-order valence-corrected chi connectivity index (χ1v) is 12.5. The summed E-state index contributed by atoms with van der Waals surface area (Å²) in [5.74, 6) is 1.14. The van der Waals surface area contributed by atoms with Gasteiger partial charge >= 0.3 is 0 Å². The lowest BCUT2D eigenvalue weighted by Crippen LogP contribution is -2.32. The summed E-state index contributed by atoms with van der Waals surface area (Å²) >= 11 is 0. The molecule has 36 heavy (non-hydrogen) atoms. The number of rotatable bonds is 13. The standard InChI is InChI=1S/C27H35NO5.C3H8/c1-7-20-16-22(32-9-3)11-12-23(20)27(30)28-17-21-14-19(10-13-25(21)31-6)15-26(24(29)8-2)33-18(4)5;1-3-2/h7-8,10-14,16,18,24,26,29H,1-2,9,15,17H2,3-6H3,(H,28,30);3H2,1-2H3. The van der Waals surface area contributed by atoms with E-state index in [0.717, 1.165) is 11.1 Å². The van der Waals surface area contributed by atoms with Crippen LogP contribution < -0.4 is 14.8 Å². The number of ether oxygens (including phenoxy) is 3. The molecule has 0 fully saturated rings. The lowest BCUT2D eigenvalue weighted by Gasteiger charge is -2.24. The van der Waals surface area contributed by atoms with E-state index >= 15 is 0 Å². The first kappa shape index (κ1) is 30.9. The normalized spacial score (nSPS) is 12.1. The fourth-order valence-corrected chi connectivity index (χ4v) is 3.52. The molecule has 0 bridgehead atoms. The number of benzene rings is 2.